The first-order chi connectivity index (χ1) is 10.0. The zero-order valence-electron chi connectivity index (χ0n) is 13.0. The zero-order valence-corrected chi connectivity index (χ0v) is 17.0. The molecule has 1 N–H and O–H groups in total. The minimum absolute atomic E-state index is 0.667. The Bertz CT molecular complexity index is 404. The lowest BCUT2D eigenvalue weighted by atomic mass is 10.2. The van der Waals surface area contributed by atoms with E-state index in [9.17, 15) is 0 Å². The van der Waals surface area contributed by atoms with Crippen LogP contribution >= 0.6 is 43.6 Å². The summed E-state index contributed by atoms with van der Waals surface area (Å²) in [6.07, 6.45) is 1.08. The third-order valence-electron chi connectivity index (χ3n) is 2.82. The van der Waals surface area contributed by atoms with E-state index in [1.54, 1.807) is 0 Å². The summed E-state index contributed by atoms with van der Waals surface area (Å²) in [6.45, 7) is 9.28. The first-order valence-corrected chi connectivity index (χ1v) is 10.2. The summed E-state index contributed by atoms with van der Waals surface area (Å²) in [6, 6.07) is 4.27. The van der Waals surface area contributed by atoms with Crippen molar-refractivity contribution < 1.29 is 4.74 Å². The molecule has 0 atom stereocenters. The number of hydrogen-bond acceptors (Lipinski definition) is 3. The van der Waals surface area contributed by atoms with Crippen LogP contribution < -0.4 is 10.1 Å². The van der Waals surface area contributed by atoms with Crippen LogP contribution in [0.5, 0.6) is 5.75 Å². The maximum absolute atomic E-state index is 5.88. The topological polar surface area (TPSA) is 21.3 Å². The van der Waals surface area contributed by atoms with Gasteiger partial charge in [-0.1, -0.05) is 20.8 Å². The molecule has 0 heterocycles. The highest BCUT2D eigenvalue weighted by atomic mass is 79.9. The van der Waals surface area contributed by atoms with Gasteiger partial charge < -0.3 is 10.1 Å². The van der Waals surface area contributed by atoms with E-state index >= 15 is 0 Å². The lowest BCUT2D eigenvalue weighted by molar-refractivity contribution is 0.314. The lowest BCUT2D eigenvalue weighted by Crippen LogP contribution is -2.19. The molecular formula is C16H25Br2NOS. The fourth-order valence-electron chi connectivity index (χ4n) is 1.84. The van der Waals surface area contributed by atoms with Crippen LogP contribution in [0.4, 0.5) is 0 Å². The molecule has 1 aromatic rings. The third kappa shape index (κ3) is 7.91. The number of hydrogen-bond donors (Lipinski definition) is 1. The van der Waals surface area contributed by atoms with Gasteiger partial charge in [-0.15, -0.1) is 0 Å². The van der Waals surface area contributed by atoms with Gasteiger partial charge in [0.1, 0.15) is 5.75 Å². The fourth-order valence-corrected chi connectivity index (χ4v) is 3.96. The fraction of sp³-hybridized carbons (Fsp3) is 0.625. The maximum Gasteiger partial charge on any atom is 0.147 e. The van der Waals surface area contributed by atoms with Crippen LogP contribution in [0.2, 0.25) is 0 Å². The normalized spacial score (nSPS) is 11.1. The second kappa shape index (κ2) is 10.9. The number of halogens is 2. The molecule has 5 heteroatoms. The van der Waals surface area contributed by atoms with Crippen molar-refractivity contribution in [3.05, 3.63) is 26.6 Å². The van der Waals surface area contributed by atoms with Crippen molar-refractivity contribution in [3.63, 3.8) is 0 Å². The van der Waals surface area contributed by atoms with Crippen LogP contribution in [-0.4, -0.2) is 24.7 Å². The Hall–Kier alpha value is 0.290. The Morgan fingerprint density at radius 3 is 2.48 bits per heavy atom. The Morgan fingerprint density at radius 2 is 1.90 bits per heavy atom. The third-order valence-corrected chi connectivity index (χ3v) is 4.99. The van der Waals surface area contributed by atoms with Crippen LogP contribution in [0.3, 0.4) is 0 Å². The molecule has 0 aromatic heterocycles. The smallest absolute Gasteiger partial charge is 0.147 e. The first kappa shape index (κ1) is 19.3. The van der Waals surface area contributed by atoms with Gasteiger partial charge in [0.05, 0.1) is 15.6 Å². The molecule has 0 amide bonds. The monoisotopic (exact) mass is 437 g/mol. The van der Waals surface area contributed by atoms with Crippen molar-refractivity contribution in [2.45, 2.75) is 33.7 Å². The standard InChI is InChI=1S/C16H25Br2NOS/c1-4-21-7-5-6-20-16-14(17)8-13(9-15(16)18)11-19-10-12(2)3/h8-9,12,19H,4-7,10-11H2,1-3H3. The summed E-state index contributed by atoms with van der Waals surface area (Å²) in [5.41, 5.74) is 1.25. The average molecular weight is 439 g/mol. The summed E-state index contributed by atoms with van der Waals surface area (Å²) in [4.78, 5) is 0. The van der Waals surface area contributed by atoms with Crippen LogP contribution in [0.1, 0.15) is 32.8 Å². The van der Waals surface area contributed by atoms with Crippen molar-refractivity contribution in [1.29, 1.82) is 0 Å². The van der Waals surface area contributed by atoms with Crippen molar-refractivity contribution in [2.24, 2.45) is 5.92 Å². The molecule has 2 nitrogen and oxygen atoms in total. The molecule has 0 spiro atoms. The van der Waals surface area contributed by atoms with Crippen molar-refractivity contribution in [2.75, 3.05) is 24.7 Å². The van der Waals surface area contributed by atoms with Crippen LogP contribution in [-0.2, 0) is 6.54 Å². The Kier molecular flexibility index (Phi) is 10.1. The summed E-state index contributed by atoms with van der Waals surface area (Å²) in [7, 11) is 0. The molecule has 0 saturated heterocycles. The molecule has 0 unspecified atom stereocenters. The maximum atomic E-state index is 5.88. The molecule has 0 aliphatic rings. The summed E-state index contributed by atoms with van der Waals surface area (Å²) in [5, 5.41) is 3.46. The molecule has 120 valence electrons. The predicted octanol–water partition coefficient (Wildman–Crippen LogP) is 5.48. The van der Waals surface area contributed by atoms with E-state index in [-0.39, 0.29) is 0 Å². The van der Waals surface area contributed by atoms with Gasteiger partial charge in [0.2, 0.25) is 0 Å². The van der Waals surface area contributed by atoms with Gasteiger partial charge in [-0.2, -0.15) is 11.8 Å². The number of benzene rings is 1. The largest absolute Gasteiger partial charge is 0.491 e. The summed E-state index contributed by atoms with van der Waals surface area (Å²) >= 11 is 9.18. The highest BCUT2D eigenvalue weighted by molar-refractivity contribution is 9.11. The van der Waals surface area contributed by atoms with E-state index in [0.29, 0.717) is 5.92 Å². The summed E-state index contributed by atoms with van der Waals surface area (Å²) in [5.74, 6) is 3.90. The van der Waals surface area contributed by atoms with Gasteiger partial charge in [-0.3, -0.25) is 0 Å². The molecule has 0 fully saturated rings. The molecule has 0 saturated carbocycles. The highest BCUT2D eigenvalue weighted by Crippen LogP contribution is 2.35. The Labute approximate surface area is 150 Å². The van der Waals surface area contributed by atoms with Gasteiger partial charge in [0.25, 0.3) is 0 Å². The molecule has 0 aliphatic carbocycles. The van der Waals surface area contributed by atoms with E-state index in [1.807, 2.05) is 11.8 Å². The van der Waals surface area contributed by atoms with Crippen molar-refractivity contribution >= 4 is 43.6 Å². The second-order valence-corrected chi connectivity index (χ2v) is 8.41. The number of ether oxygens (including phenoxy) is 1. The van der Waals surface area contributed by atoms with E-state index in [4.69, 9.17) is 4.74 Å². The second-order valence-electron chi connectivity index (χ2n) is 5.31. The van der Waals surface area contributed by atoms with Gasteiger partial charge in [-0.25, -0.2) is 0 Å². The van der Waals surface area contributed by atoms with Gasteiger partial charge >= 0.3 is 0 Å². The molecule has 0 bridgehead atoms. The molecule has 0 radical (unpaired) electrons. The van der Waals surface area contributed by atoms with Gasteiger partial charge in [0, 0.05) is 6.54 Å². The van der Waals surface area contributed by atoms with E-state index in [1.165, 1.54) is 11.3 Å². The number of nitrogens with one attached hydrogen (secondary N) is 1. The first-order valence-electron chi connectivity index (χ1n) is 7.43. The molecule has 1 aromatic carbocycles. The van der Waals surface area contributed by atoms with Crippen LogP contribution in [0.15, 0.2) is 21.1 Å². The number of rotatable bonds is 10. The predicted molar refractivity (Wildman–Crippen MR) is 101 cm³/mol. The zero-order chi connectivity index (χ0) is 15.7. The van der Waals surface area contributed by atoms with Crippen molar-refractivity contribution in [3.8, 4) is 5.75 Å². The summed E-state index contributed by atoms with van der Waals surface area (Å²) < 4.78 is 7.91. The average Bonchev–Trinajstić information content (AvgIpc) is 2.40. The van der Waals surface area contributed by atoms with E-state index in [2.05, 4.69) is 70.1 Å². The SMILES string of the molecule is CCSCCCOc1c(Br)cc(CNCC(C)C)cc1Br. The highest BCUT2D eigenvalue weighted by Gasteiger charge is 2.09. The van der Waals surface area contributed by atoms with Crippen molar-refractivity contribution in [1.82, 2.24) is 5.32 Å². The molecular weight excluding hydrogens is 414 g/mol. The number of thioether (sulfide) groups is 1. The molecule has 21 heavy (non-hydrogen) atoms. The quantitative estimate of drug-likeness (QED) is 0.488. The molecule has 0 aliphatic heterocycles. The Balaban J connectivity index is 2.50. The van der Waals surface area contributed by atoms with Gasteiger partial charge in [-0.05, 0) is 79.9 Å². The Morgan fingerprint density at radius 1 is 1.24 bits per heavy atom. The minimum atomic E-state index is 0.667. The minimum Gasteiger partial charge on any atom is -0.491 e. The van der Waals surface area contributed by atoms with Crippen LogP contribution in [0.25, 0.3) is 0 Å². The van der Waals surface area contributed by atoms with E-state index < -0.39 is 0 Å². The van der Waals surface area contributed by atoms with E-state index in [0.717, 1.165) is 46.6 Å². The molecule has 1 rings (SSSR count). The van der Waals surface area contributed by atoms with Gasteiger partial charge in [0.15, 0.2) is 0 Å². The van der Waals surface area contributed by atoms with Crippen LogP contribution in [0, 0.1) is 5.92 Å². The lowest BCUT2D eigenvalue weighted by Gasteiger charge is -2.13.